The van der Waals surface area contributed by atoms with E-state index in [1.807, 2.05) is 13.2 Å². The van der Waals surface area contributed by atoms with Gasteiger partial charge < -0.3 is 4.42 Å². The van der Waals surface area contributed by atoms with Crippen molar-refractivity contribution < 1.29 is 9.21 Å². The maximum absolute atomic E-state index is 10.6. The van der Waals surface area contributed by atoms with Crippen molar-refractivity contribution in [3.63, 3.8) is 0 Å². The number of carbonyl (C=O) groups excluding carboxylic acids is 1. The van der Waals surface area contributed by atoms with Gasteiger partial charge in [0.15, 0.2) is 6.29 Å². The number of nitrogens with zero attached hydrogens (tertiary/aromatic N) is 2. The Morgan fingerprint density at radius 3 is 2.86 bits per heavy atom. The predicted molar refractivity (Wildman–Crippen MR) is 51.0 cm³/mol. The van der Waals surface area contributed by atoms with Gasteiger partial charge >= 0.3 is 0 Å². The topological polar surface area (TPSA) is 48.0 Å². The van der Waals surface area contributed by atoms with Gasteiger partial charge in [-0.1, -0.05) is 0 Å². The van der Waals surface area contributed by atoms with Crippen molar-refractivity contribution in [2.75, 3.05) is 0 Å². The van der Waals surface area contributed by atoms with Gasteiger partial charge in [-0.15, -0.1) is 0 Å². The molecular formula is C10H10N2O2. The number of carbonyl (C=O) groups is 1. The molecule has 4 heteroatoms. The van der Waals surface area contributed by atoms with Crippen LogP contribution in [0.5, 0.6) is 0 Å². The summed E-state index contributed by atoms with van der Waals surface area (Å²) in [5.41, 5.74) is 1.47. The maximum Gasteiger partial charge on any atom is 0.153 e. The van der Waals surface area contributed by atoms with E-state index in [2.05, 4.69) is 5.10 Å². The normalized spacial score (nSPS) is 10.4. The van der Waals surface area contributed by atoms with Crippen molar-refractivity contribution in [3.8, 4) is 11.3 Å². The second-order valence-corrected chi connectivity index (χ2v) is 3.14. The summed E-state index contributed by atoms with van der Waals surface area (Å²) in [7, 11) is 1.83. The molecule has 0 atom stereocenters. The monoisotopic (exact) mass is 190 g/mol. The van der Waals surface area contributed by atoms with E-state index in [0.29, 0.717) is 17.1 Å². The highest BCUT2D eigenvalue weighted by Gasteiger charge is 2.09. The fourth-order valence-corrected chi connectivity index (χ4v) is 1.30. The number of aromatic nitrogens is 2. The van der Waals surface area contributed by atoms with Crippen LogP contribution >= 0.6 is 0 Å². The fraction of sp³-hybridized carbons (Fsp3) is 0.200. The Morgan fingerprint density at radius 2 is 2.36 bits per heavy atom. The van der Waals surface area contributed by atoms with Crippen molar-refractivity contribution in [3.05, 3.63) is 29.8 Å². The number of hydrogen-bond donors (Lipinski definition) is 0. The molecule has 0 saturated heterocycles. The van der Waals surface area contributed by atoms with E-state index in [9.17, 15) is 4.79 Å². The summed E-state index contributed by atoms with van der Waals surface area (Å²) >= 11 is 0. The zero-order chi connectivity index (χ0) is 10.1. The summed E-state index contributed by atoms with van der Waals surface area (Å²) in [6, 6.07) is 1.72. The average Bonchev–Trinajstić information content (AvgIpc) is 2.71. The van der Waals surface area contributed by atoms with Crippen LogP contribution in [0.15, 0.2) is 22.9 Å². The summed E-state index contributed by atoms with van der Waals surface area (Å²) < 4.78 is 7.11. The van der Waals surface area contributed by atoms with Crippen molar-refractivity contribution in [1.29, 1.82) is 0 Å². The van der Waals surface area contributed by atoms with Crippen LogP contribution in [0.1, 0.15) is 16.1 Å². The number of aryl methyl sites for hydroxylation is 2. The molecule has 0 radical (unpaired) electrons. The van der Waals surface area contributed by atoms with Crippen molar-refractivity contribution >= 4 is 6.29 Å². The van der Waals surface area contributed by atoms with E-state index in [1.54, 1.807) is 23.9 Å². The Hall–Kier alpha value is -1.84. The highest BCUT2D eigenvalue weighted by Crippen LogP contribution is 2.23. The summed E-state index contributed by atoms with van der Waals surface area (Å²) in [4.78, 5) is 10.6. The molecule has 0 aliphatic rings. The first-order valence-electron chi connectivity index (χ1n) is 4.25. The van der Waals surface area contributed by atoms with Crippen LogP contribution in [-0.2, 0) is 7.05 Å². The Bertz CT molecular complexity index is 468. The van der Waals surface area contributed by atoms with Crippen LogP contribution in [0, 0.1) is 6.92 Å². The van der Waals surface area contributed by atoms with E-state index in [0.717, 1.165) is 11.8 Å². The molecule has 2 aromatic rings. The molecule has 0 fully saturated rings. The Morgan fingerprint density at radius 1 is 1.57 bits per heavy atom. The highest BCUT2D eigenvalue weighted by atomic mass is 16.3. The largest absolute Gasteiger partial charge is 0.461 e. The van der Waals surface area contributed by atoms with E-state index < -0.39 is 0 Å². The molecule has 4 nitrogen and oxygen atoms in total. The molecule has 2 heterocycles. The van der Waals surface area contributed by atoms with Gasteiger partial charge in [-0.05, 0) is 13.0 Å². The molecule has 0 N–H and O–H groups in total. The quantitative estimate of drug-likeness (QED) is 0.678. The van der Waals surface area contributed by atoms with Crippen LogP contribution in [0.4, 0.5) is 0 Å². The van der Waals surface area contributed by atoms with E-state index in [4.69, 9.17) is 4.42 Å². The SMILES string of the molecule is Cc1oc(-c2cnn(C)c2)cc1C=O. The minimum atomic E-state index is 0.587. The van der Waals surface area contributed by atoms with Gasteiger partial charge in [-0.25, -0.2) is 0 Å². The van der Waals surface area contributed by atoms with Crippen molar-refractivity contribution in [1.82, 2.24) is 9.78 Å². The molecule has 0 saturated carbocycles. The van der Waals surface area contributed by atoms with Crippen LogP contribution in [-0.4, -0.2) is 16.1 Å². The number of furan rings is 1. The second kappa shape index (κ2) is 3.14. The number of rotatable bonds is 2. The smallest absolute Gasteiger partial charge is 0.153 e. The van der Waals surface area contributed by atoms with Gasteiger partial charge in [0.05, 0.1) is 17.3 Å². The third-order valence-electron chi connectivity index (χ3n) is 2.07. The van der Waals surface area contributed by atoms with Gasteiger partial charge in [0.25, 0.3) is 0 Å². The zero-order valence-corrected chi connectivity index (χ0v) is 8.02. The van der Waals surface area contributed by atoms with E-state index >= 15 is 0 Å². The summed E-state index contributed by atoms with van der Waals surface area (Å²) in [5.74, 6) is 1.32. The Balaban J connectivity index is 2.47. The molecule has 14 heavy (non-hydrogen) atoms. The van der Waals surface area contributed by atoms with E-state index in [-0.39, 0.29) is 0 Å². The third kappa shape index (κ3) is 1.35. The van der Waals surface area contributed by atoms with Gasteiger partial charge in [-0.2, -0.15) is 5.10 Å². The molecular weight excluding hydrogens is 180 g/mol. The van der Waals surface area contributed by atoms with Gasteiger partial charge in [0.1, 0.15) is 11.5 Å². The molecule has 0 bridgehead atoms. The van der Waals surface area contributed by atoms with Crippen LogP contribution in [0.25, 0.3) is 11.3 Å². The molecule has 0 aliphatic carbocycles. The highest BCUT2D eigenvalue weighted by molar-refractivity contribution is 5.79. The third-order valence-corrected chi connectivity index (χ3v) is 2.07. The summed E-state index contributed by atoms with van der Waals surface area (Å²) in [6.45, 7) is 1.77. The minimum absolute atomic E-state index is 0.587. The Labute approximate surface area is 81.1 Å². The minimum Gasteiger partial charge on any atom is -0.461 e. The molecule has 0 aromatic carbocycles. The first-order valence-corrected chi connectivity index (χ1v) is 4.25. The summed E-state index contributed by atoms with van der Waals surface area (Å²) in [6.07, 6.45) is 4.33. The van der Waals surface area contributed by atoms with Crippen molar-refractivity contribution in [2.24, 2.45) is 7.05 Å². The van der Waals surface area contributed by atoms with Crippen molar-refractivity contribution in [2.45, 2.75) is 6.92 Å². The van der Waals surface area contributed by atoms with Gasteiger partial charge in [0, 0.05) is 13.2 Å². The fourth-order valence-electron chi connectivity index (χ4n) is 1.30. The lowest BCUT2D eigenvalue weighted by molar-refractivity contribution is 0.112. The van der Waals surface area contributed by atoms with Crippen LogP contribution < -0.4 is 0 Å². The number of hydrogen-bond acceptors (Lipinski definition) is 3. The lowest BCUT2D eigenvalue weighted by Crippen LogP contribution is -1.83. The first kappa shape index (κ1) is 8.74. The Kier molecular flexibility index (Phi) is 1.96. The molecule has 0 unspecified atom stereocenters. The van der Waals surface area contributed by atoms with E-state index in [1.165, 1.54) is 0 Å². The van der Waals surface area contributed by atoms with Gasteiger partial charge in [0.2, 0.25) is 0 Å². The van der Waals surface area contributed by atoms with Crippen LogP contribution in [0.2, 0.25) is 0 Å². The average molecular weight is 190 g/mol. The molecule has 2 aromatic heterocycles. The lowest BCUT2D eigenvalue weighted by atomic mass is 10.2. The maximum atomic E-state index is 10.6. The predicted octanol–water partition coefficient (Wildman–Crippen LogP) is 1.80. The molecule has 0 spiro atoms. The molecule has 0 amide bonds. The zero-order valence-electron chi connectivity index (χ0n) is 8.02. The van der Waals surface area contributed by atoms with Crippen LogP contribution in [0.3, 0.4) is 0 Å². The molecule has 72 valence electrons. The number of aldehydes is 1. The lowest BCUT2D eigenvalue weighted by Gasteiger charge is -1.87. The molecule has 2 rings (SSSR count). The summed E-state index contributed by atoms with van der Waals surface area (Å²) in [5, 5.41) is 4.03. The molecule has 0 aliphatic heterocycles. The standard InChI is InChI=1S/C10H10N2O2/c1-7-8(6-13)3-10(14-7)9-4-11-12(2)5-9/h3-6H,1-2H3. The first-order chi connectivity index (χ1) is 6.70. The van der Waals surface area contributed by atoms with Gasteiger partial charge in [-0.3, -0.25) is 9.48 Å². The second-order valence-electron chi connectivity index (χ2n) is 3.14.